The average Bonchev–Trinajstić information content (AvgIpc) is 3.34. The van der Waals surface area contributed by atoms with Gasteiger partial charge in [-0.25, -0.2) is 9.48 Å². The molecule has 0 saturated carbocycles. The molecule has 37 heavy (non-hydrogen) atoms. The minimum Gasteiger partial charge on any atom is -0.363 e. The highest BCUT2D eigenvalue weighted by Gasteiger charge is 2.66. The number of halogens is 3. The van der Waals surface area contributed by atoms with E-state index in [9.17, 15) is 27.9 Å². The fraction of sp³-hybridized carbons (Fsp3) is 0.154. The number of rotatable bonds is 5. The second-order valence-corrected chi connectivity index (χ2v) is 8.50. The van der Waals surface area contributed by atoms with Gasteiger partial charge in [0.1, 0.15) is 5.92 Å². The Labute approximate surface area is 208 Å². The molecular formula is C26H20F3N5O3. The predicted molar refractivity (Wildman–Crippen MR) is 126 cm³/mol. The third-order valence-electron chi connectivity index (χ3n) is 6.18. The van der Waals surface area contributed by atoms with Crippen molar-refractivity contribution >= 4 is 11.8 Å². The molecule has 1 aliphatic heterocycles. The number of nitrogens with zero attached hydrogens (tertiary/aromatic N) is 3. The van der Waals surface area contributed by atoms with Gasteiger partial charge in [0, 0.05) is 35.3 Å². The first-order valence-electron chi connectivity index (χ1n) is 11.2. The highest BCUT2D eigenvalue weighted by atomic mass is 19.4. The molecule has 1 aliphatic rings. The summed E-state index contributed by atoms with van der Waals surface area (Å²) in [7, 11) is 0. The highest BCUT2D eigenvalue weighted by Crippen LogP contribution is 2.45. The minimum atomic E-state index is -5.38. The van der Waals surface area contributed by atoms with Gasteiger partial charge in [-0.15, -0.1) is 0 Å². The number of aliphatic hydroxyl groups is 1. The fourth-order valence-electron chi connectivity index (χ4n) is 4.43. The first-order valence-corrected chi connectivity index (χ1v) is 11.2. The molecule has 1 saturated heterocycles. The third kappa shape index (κ3) is 4.33. The van der Waals surface area contributed by atoms with Crippen LogP contribution in [-0.4, -0.2) is 43.6 Å². The Balaban J connectivity index is 1.74. The van der Waals surface area contributed by atoms with Crippen LogP contribution in [0.4, 0.5) is 18.0 Å². The summed E-state index contributed by atoms with van der Waals surface area (Å²) in [5.74, 6) is -3.26. The summed E-state index contributed by atoms with van der Waals surface area (Å²) in [6.45, 7) is 0. The van der Waals surface area contributed by atoms with Gasteiger partial charge in [0.25, 0.3) is 0 Å². The molecule has 2 amide bonds. The molecule has 0 bridgehead atoms. The molecule has 5 rings (SSSR count). The molecular weight excluding hydrogens is 487 g/mol. The van der Waals surface area contributed by atoms with E-state index < -0.39 is 35.7 Å². The highest BCUT2D eigenvalue weighted by molar-refractivity contribution is 6.00. The summed E-state index contributed by atoms with van der Waals surface area (Å²) in [6, 6.07) is 17.3. The van der Waals surface area contributed by atoms with Crippen molar-refractivity contribution in [3.63, 3.8) is 0 Å². The van der Waals surface area contributed by atoms with Crippen LogP contribution in [-0.2, 0) is 0 Å². The molecule has 0 radical (unpaired) electrons. The standard InChI is InChI=1S/C26H20F3N5O3/c27-26(28,29)25(37)20(23(35)17-10-7-13-30-14-17)22(31-24(36)32-25)19-15-34(18-11-5-2-6-12-18)33-21(19)16-8-3-1-4-9-16/h1-15,20,22,37H,(H2,31,32,36). The molecule has 2 aromatic carbocycles. The second kappa shape index (κ2) is 9.17. The van der Waals surface area contributed by atoms with E-state index in [1.807, 2.05) is 0 Å². The molecule has 1 fully saturated rings. The summed E-state index contributed by atoms with van der Waals surface area (Å²) in [4.78, 5) is 29.9. The number of nitrogens with one attached hydrogen (secondary N) is 2. The lowest BCUT2D eigenvalue weighted by Crippen LogP contribution is -2.72. The SMILES string of the molecule is O=C1NC(c2cn(-c3ccccc3)nc2-c2ccccc2)C(C(=O)c2cccnc2)C(O)(C(F)(F)F)N1. The monoisotopic (exact) mass is 507 g/mol. The number of carbonyl (C=O) groups is 2. The zero-order chi connectivity index (χ0) is 26.2. The van der Waals surface area contributed by atoms with Crippen molar-refractivity contribution in [1.29, 1.82) is 0 Å². The van der Waals surface area contributed by atoms with E-state index in [2.05, 4.69) is 15.4 Å². The van der Waals surface area contributed by atoms with Crippen molar-refractivity contribution in [3.05, 3.63) is 103 Å². The van der Waals surface area contributed by atoms with Crippen molar-refractivity contribution in [2.24, 2.45) is 5.92 Å². The third-order valence-corrected chi connectivity index (χ3v) is 6.18. The van der Waals surface area contributed by atoms with E-state index in [-0.39, 0.29) is 16.8 Å². The van der Waals surface area contributed by atoms with Crippen LogP contribution in [0.15, 0.2) is 91.4 Å². The number of pyridine rings is 1. The summed E-state index contributed by atoms with van der Waals surface area (Å²) in [5.41, 5.74) is -2.51. The Hall–Kier alpha value is -4.51. The van der Waals surface area contributed by atoms with E-state index in [0.29, 0.717) is 11.3 Å². The number of benzene rings is 2. The zero-order valence-corrected chi connectivity index (χ0v) is 19.1. The van der Waals surface area contributed by atoms with E-state index in [4.69, 9.17) is 0 Å². The summed E-state index contributed by atoms with van der Waals surface area (Å²) in [5, 5.41) is 19.5. The van der Waals surface area contributed by atoms with Gasteiger partial charge in [0.05, 0.1) is 17.4 Å². The molecule has 3 unspecified atom stereocenters. The van der Waals surface area contributed by atoms with E-state index in [0.717, 1.165) is 6.20 Å². The van der Waals surface area contributed by atoms with Gasteiger partial charge in [-0.1, -0.05) is 48.5 Å². The van der Waals surface area contributed by atoms with E-state index in [1.54, 1.807) is 66.0 Å². The largest absolute Gasteiger partial charge is 0.437 e. The first kappa shape index (κ1) is 24.2. The van der Waals surface area contributed by atoms with Crippen molar-refractivity contribution in [1.82, 2.24) is 25.4 Å². The van der Waals surface area contributed by atoms with Crippen LogP contribution in [0.25, 0.3) is 16.9 Å². The average molecular weight is 507 g/mol. The molecule has 3 N–H and O–H groups in total. The Morgan fingerprint density at radius 2 is 1.68 bits per heavy atom. The van der Waals surface area contributed by atoms with Crippen LogP contribution in [0.3, 0.4) is 0 Å². The van der Waals surface area contributed by atoms with E-state index in [1.165, 1.54) is 29.2 Å². The number of urea groups is 1. The Bertz CT molecular complexity index is 1430. The van der Waals surface area contributed by atoms with Gasteiger partial charge < -0.3 is 15.7 Å². The lowest BCUT2D eigenvalue weighted by Gasteiger charge is -2.44. The molecule has 3 atom stereocenters. The van der Waals surface area contributed by atoms with Gasteiger partial charge >= 0.3 is 12.2 Å². The minimum absolute atomic E-state index is 0.120. The van der Waals surface area contributed by atoms with Gasteiger partial charge in [-0.2, -0.15) is 18.3 Å². The Morgan fingerprint density at radius 1 is 1.00 bits per heavy atom. The molecule has 4 aromatic rings. The molecule has 0 spiro atoms. The lowest BCUT2D eigenvalue weighted by molar-refractivity contribution is -0.287. The van der Waals surface area contributed by atoms with Gasteiger partial charge in [0.2, 0.25) is 5.72 Å². The number of para-hydroxylation sites is 1. The maximum atomic E-state index is 14.3. The maximum absolute atomic E-state index is 14.3. The molecule has 11 heteroatoms. The number of aromatic nitrogens is 3. The summed E-state index contributed by atoms with van der Waals surface area (Å²) < 4.78 is 44.4. The quantitative estimate of drug-likeness (QED) is 0.354. The van der Waals surface area contributed by atoms with Crippen LogP contribution in [0, 0.1) is 5.92 Å². The number of hydrogen-bond acceptors (Lipinski definition) is 5. The number of ketones is 1. The van der Waals surface area contributed by atoms with Crippen molar-refractivity contribution in [2.75, 3.05) is 0 Å². The number of Topliss-reactive ketones (excluding diaryl/α,β-unsaturated/α-hetero) is 1. The summed E-state index contributed by atoms with van der Waals surface area (Å²) in [6.07, 6.45) is -1.46. The second-order valence-electron chi connectivity index (χ2n) is 8.50. The molecule has 8 nitrogen and oxygen atoms in total. The maximum Gasteiger partial charge on any atom is 0.437 e. The van der Waals surface area contributed by atoms with Gasteiger partial charge in [-0.3, -0.25) is 9.78 Å². The Morgan fingerprint density at radius 3 is 2.30 bits per heavy atom. The lowest BCUT2D eigenvalue weighted by atomic mass is 9.77. The van der Waals surface area contributed by atoms with Gasteiger partial charge in [-0.05, 0) is 24.3 Å². The first-order chi connectivity index (χ1) is 17.7. The molecule has 2 aromatic heterocycles. The Kier molecular flexibility index (Phi) is 6.00. The number of amides is 2. The van der Waals surface area contributed by atoms with E-state index >= 15 is 0 Å². The molecule has 0 aliphatic carbocycles. The topological polar surface area (TPSA) is 109 Å². The van der Waals surface area contributed by atoms with Crippen LogP contribution in [0.1, 0.15) is 22.0 Å². The number of hydrogen-bond donors (Lipinski definition) is 3. The van der Waals surface area contributed by atoms with Crippen LogP contribution >= 0.6 is 0 Å². The van der Waals surface area contributed by atoms with Crippen molar-refractivity contribution < 1.29 is 27.9 Å². The summed E-state index contributed by atoms with van der Waals surface area (Å²) >= 11 is 0. The van der Waals surface area contributed by atoms with Crippen LogP contribution in [0.5, 0.6) is 0 Å². The van der Waals surface area contributed by atoms with Gasteiger partial charge in [0.15, 0.2) is 5.78 Å². The smallest absolute Gasteiger partial charge is 0.363 e. The van der Waals surface area contributed by atoms with Crippen molar-refractivity contribution in [3.8, 4) is 16.9 Å². The number of alkyl halides is 3. The normalized spacial score (nSPS) is 21.7. The van der Waals surface area contributed by atoms with Crippen LogP contribution < -0.4 is 10.6 Å². The van der Waals surface area contributed by atoms with Crippen LogP contribution in [0.2, 0.25) is 0 Å². The number of carbonyl (C=O) groups excluding carboxylic acids is 2. The molecule has 188 valence electrons. The fourth-order valence-corrected chi connectivity index (χ4v) is 4.43. The molecule has 3 heterocycles. The van der Waals surface area contributed by atoms with Crippen molar-refractivity contribution in [2.45, 2.75) is 17.9 Å². The zero-order valence-electron chi connectivity index (χ0n) is 19.1. The predicted octanol–water partition coefficient (Wildman–Crippen LogP) is 4.04.